The first-order valence-corrected chi connectivity index (χ1v) is 10.7. The molecule has 1 aromatic heterocycles. The van der Waals surface area contributed by atoms with Crippen LogP contribution in [0.15, 0.2) is 44.3 Å². The number of hydrogen-bond donors (Lipinski definition) is 2. The molecule has 0 radical (unpaired) electrons. The smallest absolute Gasteiger partial charge is 0.287 e. The van der Waals surface area contributed by atoms with Crippen LogP contribution in [0.25, 0.3) is 0 Å². The molecule has 146 valence electrons. The van der Waals surface area contributed by atoms with Crippen LogP contribution in [0, 0.1) is 0 Å². The second-order valence-electron chi connectivity index (χ2n) is 7.32. The van der Waals surface area contributed by atoms with Gasteiger partial charge in [0.25, 0.3) is 15.9 Å². The summed E-state index contributed by atoms with van der Waals surface area (Å²) >= 11 is 3.42. The molecule has 0 fully saturated rings. The van der Waals surface area contributed by atoms with Crippen molar-refractivity contribution in [1.29, 1.82) is 0 Å². The molecule has 0 aliphatic carbocycles. The maximum atomic E-state index is 12.6. The zero-order chi connectivity index (χ0) is 19.8. The van der Waals surface area contributed by atoms with Crippen molar-refractivity contribution in [1.82, 2.24) is 10.0 Å². The van der Waals surface area contributed by atoms with Gasteiger partial charge in [0.15, 0.2) is 5.76 Å². The predicted molar refractivity (Wildman–Crippen MR) is 103 cm³/mol. The topological polar surface area (TPSA) is 97.6 Å². The van der Waals surface area contributed by atoms with E-state index in [0.29, 0.717) is 18.8 Å². The molecule has 1 atom stereocenters. The van der Waals surface area contributed by atoms with Gasteiger partial charge in [-0.1, -0.05) is 15.9 Å². The minimum Gasteiger partial charge on any atom is -0.493 e. The molecule has 1 aliphatic heterocycles. The Labute approximate surface area is 166 Å². The maximum absolute atomic E-state index is 12.6. The summed E-state index contributed by atoms with van der Waals surface area (Å²) in [5.41, 5.74) is 0.200. The van der Waals surface area contributed by atoms with Gasteiger partial charge in [-0.25, -0.2) is 13.1 Å². The lowest BCUT2D eigenvalue weighted by molar-refractivity contribution is 0.0891. The van der Waals surface area contributed by atoms with Gasteiger partial charge in [-0.2, -0.15) is 0 Å². The van der Waals surface area contributed by atoms with Crippen LogP contribution >= 0.6 is 15.9 Å². The molecular formula is C18H21BrN2O5S. The van der Waals surface area contributed by atoms with E-state index in [9.17, 15) is 13.2 Å². The maximum Gasteiger partial charge on any atom is 0.287 e. The quantitative estimate of drug-likeness (QED) is 0.734. The number of benzene rings is 1. The predicted octanol–water partition coefficient (Wildman–Crippen LogP) is 3.37. The van der Waals surface area contributed by atoms with Crippen LogP contribution in [0.2, 0.25) is 0 Å². The van der Waals surface area contributed by atoms with Crippen LogP contribution in [0.3, 0.4) is 0 Å². The molecule has 9 heteroatoms. The minimum atomic E-state index is -3.84. The lowest BCUT2D eigenvalue weighted by Gasteiger charge is -2.26. The first-order valence-electron chi connectivity index (χ1n) is 8.42. The summed E-state index contributed by atoms with van der Waals surface area (Å²) in [6.07, 6.45) is 0.604. The summed E-state index contributed by atoms with van der Waals surface area (Å²) in [6, 6.07) is 7.98. The number of hydrogen-bond acceptors (Lipinski definition) is 5. The lowest BCUT2D eigenvalue weighted by atomic mass is 10.0. The van der Waals surface area contributed by atoms with E-state index in [4.69, 9.17) is 9.15 Å². The zero-order valence-electron chi connectivity index (χ0n) is 15.2. The van der Waals surface area contributed by atoms with Gasteiger partial charge in [0.1, 0.15) is 5.75 Å². The highest BCUT2D eigenvalue weighted by Crippen LogP contribution is 2.34. The number of carbonyl (C=O) groups is 1. The summed E-state index contributed by atoms with van der Waals surface area (Å²) in [5, 5.41) is 2.59. The van der Waals surface area contributed by atoms with Gasteiger partial charge in [0.2, 0.25) is 5.09 Å². The number of rotatable bonds is 4. The van der Waals surface area contributed by atoms with E-state index in [0.717, 1.165) is 10.0 Å². The van der Waals surface area contributed by atoms with E-state index in [-0.39, 0.29) is 16.9 Å². The molecule has 1 amide bonds. The van der Waals surface area contributed by atoms with Crippen molar-refractivity contribution in [3.63, 3.8) is 0 Å². The largest absolute Gasteiger partial charge is 0.493 e. The molecule has 0 saturated carbocycles. The second-order valence-corrected chi connectivity index (χ2v) is 9.85. The molecule has 0 spiro atoms. The van der Waals surface area contributed by atoms with E-state index in [1.165, 1.54) is 12.1 Å². The fourth-order valence-electron chi connectivity index (χ4n) is 2.78. The number of fused-ring (bicyclic) bond motifs is 1. The number of sulfonamides is 1. The molecule has 3 rings (SSSR count). The third kappa shape index (κ3) is 4.72. The van der Waals surface area contributed by atoms with Gasteiger partial charge in [-0.3, -0.25) is 4.79 Å². The second kappa shape index (κ2) is 7.29. The Balaban J connectivity index is 1.77. The van der Waals surface area contributed by atoms with Crippen LogP contribution < -0.4 is 14.8 Å². The summed E-state index contributed by atoms with van der Waals surface area (Å²) in [7, 11) is -3.84. The molecule has 1 aliphatic rings. The first kappa shape index (κ1) is 19.9. The lowest BCUT2D eigenvalue weighted by Crippen LogP contribution is -2.40. The van der Waals surface area contributed by atoms with Crippen LogP contribution in [0.5, 0.6) is 5.75 Å². The van der Waals surface area contributed by atoms with Crippen molar-refractivity contribution >= 4 is 31.9 Å². The van der Waals surface area contributed by atoms with Gasteiger partial charge in [-0.15, -0.1) is 0 Å². The Kier molecular flexibility index (Phi) is 5.38. The first-order chi connectivity index (χ1) is 12.5. The number of nitrogens with one attached hydrogen (secondary N) is 2. The Hall–Kier alpha value is -1.84. The van der Waals surface area contributed by atoms with E-state index >= 15 is 0 Å². The van der Waals surface area contributed by atoms with Crippen molar-refractivity contribution in [3.8, 4) is 5.75 Å². The van der Waals surface area contributed by atoms with Crippen LogP contribution in [-0.4, -0.2) is 26.5 Å². The minimum absolute atomic E-state index is 0.0627. The highest BCUT2D eigenvalue weighted by Gasteiger charge is 2.28. The van der Waals surface area contributed by atoms with Crippen LogP contribution in [0.4, 0.5) is 0 Å². The molecule has 27 heavy (non-hydrogen) atoms. The van der Waals surface area contributed by atoms with Gasteiger partial charge in [0, 0.05) is 22.0 Å². The highest BCUT2D eigenvalue weighted by atomic mass is 79.9. The average Bonchev–Trinajstić information content (AvgIpc) is 3.04. The van der Waals surface area contributed by atoms with Crippen LogP contribution in [-0.2, 0) is 10.0 Å². The van der Waals surface area contributed by atoms with Crippen molar-refractivity contribution < 1.29 is 22.4 Å². The molecule has 2 aromatic rings. The van der Waals surface area contributed by atoms with Crippen molar-refractivity contribution in [3.05, 3.63) is 46.1 Å². The van der Waals surface area contributed by atoms with Gasteiger partial charge in [0.05, 0.1) is 12.6 Å². The summed E-state index contributed by atoms with van der Waals surface area (Å²) in [5.74, 6) is 0.171. The molecule has 2 heterocycles. The molecule has 1 aromatic carbocycles. The van der Waals surface area contributed by atoms with E-state index < -0.39 is 21.5 Å². The van der Waals surface area contributed by atoms with Gasteiger partial charge < -0.3 is 14.5 Å². The monoisotopic (exact) mass is 456 g/mol. The standard InChI is InChI=1S/C18H21BrN2O5S/c1-18(2,3)21-27(23,24)16-7-6-15(26-16)17(22)20-13-8-9-25-14-5-4-11(19)10-12(13)14/h4-7,10,13,21H,8-9H2,1-3H3,(H,20,22). The average molecular weight is 457 g/mol. The Morgan fingerprint density at radius 1 is 1.22 bits per heavy atom. The van der Waals surface area contributed by atoms with Crippen molar-refractivity contribution in [2.75, 3.05) is 6.61 Å². The molecule has 0 saturated heterocycles. The molecule has 2 N–H and O–H groups in total. The third-order valence-corrected chi connectivity index (χ3v) is 5.95. The SMILES string of the molecule is CC(C)(C)NS(=O)(=O)c1ccc(C(=O)NC2CCOc3ccc(Br)cc32)o1. The van der Waals surface area contributed by atoms with Crippen molar-refractivity contribution in [2.24, 2.45) is 0 Å². The Morgan fingerprint density at radius 2 is 1.96 bits per heavy atom. The summed E-state index contributed by atoms with van der Waals surface area (Å²) < 4.78 is 38.9. The van der Waals surface area contributed by atoms with E-state index in [2.05, 4.69) is 26.0 Å². The normalized spacial score (nSPS) is 17.1. The fourth-order valence-corrected chi connectivity index (χ4v) is 4.52. The zero-order valence-corrected chi connectivity index (χ0v) is 17.6. The summed E-state index contributed by atoms with van der Waals surface area (Å²) in [4.78, 5) is 12.6. The third-order valence-electron chi connectivity index (χ3n) is 3.83. The number of amides is 1. The molecule has 7 nitrogen and oxygen atoms in total. The number of furan rings is 1. The molecular weight excluding hydrogens is 436 g/mol. The Bertz CT molecular complexity index is 962. The number of carbonyl (C=O) groups excluding carboxylic acids is 1. The molecule has 1 unspecified atom stereocenters. The van der Waals surface area contributed by atoms with Crippen LogP contribution in [0.1, 0.15) is 49.4 Å². The van der Waals surface area contributed by atoms with E-state index in [1.807, 2.05) is 18.2 Å². The highest BCUT2D eigenvalue weighted by molar-refractivity contribution is 9.10. The van der Waals surface area contributed by atoms with Crippen molar-refractivity contribution in [2.45, 2.75) is 43.9 Å². The number of halogens is 1. The number of ether oxygens (including phenoxy) is 1. The van der Waals surface area contributed by atoms with Gasteiger partial charge >= 0.3 is 0 Å². The van der Waals surface area contributed by atoms with E-state index in [1.54, 1.807) is 20.8 Å². The summed E-state index contributed by atoms with van der Waals surface area (Å²) in [6.45, 7) is 5.65. The molecule has 0 bridgehead atoms. The van der Waals surface area contributed by atoms with Gasteiger partial charge in [-0.05, 0) is 51.1 Å². The Morgan fingerprint density at radius 3 is 2.67 bits per heavy atom. The fraction of sp³-hybridized carbons (Fsp3) is 0.389.